The lowest BCUT2D eigenvalue weighted by atomic mass is 9.33. The van der Waals surface area contributed by atoms with Crippen molar-refractivity contribution in [3.63, 3.8) is 0 Å². The number of alkyl halides is 1. The number of benzene rings is 1. The van der Waals surface area contributed by atoms with Gasteiger partial charge in [0.2, 0.25) is 0 Å². The van der Waals surface area contributed by atoms with E-state index in [9.17, 15) is 14.0 Å². The van der Waals surface area contributed by atoms with Gasteiger partial charge in [0.05, 0.1) is 5.41 Å². The summed E-state index contributed by atoms with van der Waals surface area (Å²) in [7, 11) is 0. The molecule has 6 aliphatic carbocycles. The largest absolute Gasteiger partial charge is 0.460 e. The third-order valence-corrected chi connectivity index (χ3v) is 18.3. The van der Waals surface area contributed by atoms with Gasteiger partial charge in [-0.15, -0.1) is 0 Å². The van der Waals surface area contributed by atoms with E-state index in [1.807, 2.05) is 35.2 Å². The third-order valence-electron chi connectivity index (χ3n) is 18.3. The van der Waals surface area contributed by atoms with E-state index in [1.165, 1.54) is 68.1 Å². The Hall–Kier alpha value is -2.93. The van der Waals surface area contributed by atoms with Gasteiger partial charge in [-0.25, -0.2) is 9.18 Å². The number of ether oxygens (including phenoxy) is 1. The van der Waals surface area contributed by atoms with E-state index in [-0.39, 0.29) is 39.8 Å². The second-order valence-electron chi connectivity index (χ2n) is 20.9. The number of carbonyl (C=O) groups excluding carboxylic acids is 2. The molecule has 1 aromatic carbocycles. The molecule has 2 amide bonds. The maximum Gasteiger partial charge on any atom is 0.317 e. The molecule has 0 unspecified atom stereocenters. The van der Waals surface area contributed by atoms with Crippen LogP contribution in [0, 0.1) is 56.7 Å². The van der Waals surface area contributed by atoms with Gasteiger partial charge in [0.15, 0.2) is 0 Å². The van der Waals surface area contributed by atoms with Gasteiger partial charge in [-0.05, 0) is 152 Å². The fourth-order valence-electron chi connectivity index (χ4n) is 15.1. The molecule has 4 saturated carbocycles. The van der Waals surface area contributed by atoms with Gasteiger partial charge < -0.3 is 20.3 Å². The van der Waals surface area contributed by atoms with Crippen LogP contribution in [-0.4, -0.2) is 55.3 Å². The van der Waals surface area contributed by atoms with Crippen molar-refractivity contribution in [3.8, 4) is 0 Å². The van der Waals surface area contributed by atoms with Gasteiger partial charge in [0.1, 0.15) is 13.3 Å². The minimum atomic E-state index is -1.09. The Kier molecular flexibility index (Phi) is 10.3. The Morgan fingerprint density at radius 2 is 1.73 bits per heavy atom. The SMILES string of the molecule is C=C(C)[C@@H]1CC[C@]2(NCCN3CCNC3=O)CC[C@]3(C)[C@H](CC[C@@H]4[C@@]5(C)CC=C(C6=CC[C@](CF)(C(=O)OCc7ccccc7)CC6)C(C)(C)[C@@H]5CC[C@]43C)[C@@H]12. The summed E-state index contributed by atoms with van der Waals surface area (Å²) in [5, 5.41) is 7.14. The smallest absolute Gasteiger partial charge is 0.317 e. The summed E-state index contributed by atoms with van der Waals surface area (Å²) in [5.74, 6) is 2.63. The highest BCUT2D eigenvalue weighted by molar-refractivity contribution is 5.78. The first kappa shape index (κ1) is 39.9. The van der Waals surface area contributed by atoms with E-state index in [0.29, 0.717) is 42.4 Å². The Morgan fingerprint density at radius 1 is 0.946 bits per heavy atom. The monoisotopic (exact) mass is 768 g/mol. The first-order valence-electron chi connectivity index (χ1n) is 22.2. The average Bonchev–Trinajstić information content (AvgIpc) is 3.78. The number of nitrogens with zero attached hydrogens (tertiary/aromatic N) is 1. The molecule has 2 N–H and O–H groups in total. The minimum absolute atomic E-state index is 0.00413. The van der Waals surface area contributed by atoms with Gasteiger partial charge >= 0.3 is 12.0 Å². The van der Waals surface area contributed by atoms with Gasteiger partial charge in [-0.1, -0.05) is 89.3 Å². The molecular formula is C49H70FN3O3. The van der Waals surface area contributed by atoms with E-state index in [4.69, 9.17) is 4.74 Å². The van der Waals surface area contributed by atoms with E-state index in [1.54, 1.807) is 0 Å². The van der Waals surface area contributed by atoms with Crippen LogP contribution in [0.25, 0.3) is 0 Å². The van der Waals surface area contributed by atoms with E-state index >= 15 is 0 Å². The number of nitrogens with one attached hydrogen (secondary N) is 2. The molecule has 10 atom stereocenters. The van der Waals surface area contributed by atoms with Crippen LogP contribution in [0.15, 0.2) is 65.8 Å². The molecule has 7 aliphatic rings. The standard InChI is InChI=1S/C49H70FN3O3/c1-33(2)36-17-24-49(52-28-30-53-29-27-51-43(53)55)26-25-46(6)38(41(36)49)13-14-40-45(5)20-18-37(44(3,4)39(45)19-21-47(40,46)7)35-15-22-48(32-50,23-16-35)42(54)56-31-34-11-9-8-10-12-34/h8-12,15,18,36,38-41,52H,1,13-14,16-17,19-32H2,2-7H3,(H,51,55)/t36-,38+,39-,40+,41+,45-,46+,47+,48-,49-/m0/s1. The molecule has 1 heterocycles. The molecule has 0 aromatic heterocycles. The molecule has 306 valence electrons. The minimum Gasteiger partial charge on any atom is -0.460 e. The second-order valence-corrected chi connectivity index (χ2v) is 20.9. The second kappa shape index (κ2) is 14.4. The van der Waals surface area contributed by atoms with Crippen LogP contribution in [-0.2, 0) is 16.1 Å². The maximum atomic E-state index is 14.8. The Morgan fingerprint density at radius 3 is 2.41 bits per heavy atom. The summed E-state index contributed by atoms with van der Waals surface area (Å²) in [6, 6.07) is 9.76. The van der Waals surface area contributed by atoms with E-state index in [0.717, 1.165) is 44.6 Å². The lowest BCUT2D eigenvalue weighted by Gasteiger charge is -2.72. The van der Waals surface area contributed by atoms with Crippen molar-refractivity contribution < 1.29 is 18.7 Å². The maximum absolute atomic E-state index is 14.8. The van der Waals surface area contributed by atoms with Crippen molar-refractivity contribution in [1.29, 1.82) is 0 Å². The Balaban J connectivity index is 1.01. The predicted octanol–water partition coefficient (Wildman–Crippen LogP) is 10.4. The molecule has 7 heteroatoms. The number of carbonyl (C=O) groups is 2. The normalized spacial score (nSPS) is 41.3. The van der Waals surface area contributed by atoms with Crippen molar-refractivity contribution in [2.45, 2.75) is 131 Å². The molecule has 8 rings (SSSR count). The Labute approximate surface area is 336 Å². The zero-order chi connectivity index (χ0) is 39.7. The fourth-order valence-corrected chi connectivity index (χ4v) is 15.1. The predicted molar refractivity (Wildman–Crippen MR) is 222 cm³/mol. The van der Waals surface area contributed by atoms with Crippen LogP contribution in [0.5, 0.6) is 0 Å². The van der Waals surface area contributed by atoms with Crippen LogP contribution in [0.2, 0.25) is 0 Å². The van der Waals surface area contributed by atoms with E-state index < -0.39 is 18.1 Å². The van der Waals surface area contributed by atoms with Gasteiger partial charge in [0, 0.05) is 31.7 Å². The number of halogens is 1. The van der Waals surface area contributed by atoms with Crippen molar-refractivity contribution >= 4 is 12.0 Å². The molecule has 1 saturated heterocycles. The first-order valence-corrected chi connectivity index (χ1v) is 22.2. The number of hydrogen-bond acceptors (Lipinski definition) is 4. The molecule has 5 fully saturated rings. The topological polar surface area (TPSA) is 70.7 Å². The molecule has 6 nitrogen and oxygen atoms in total. The highest BCUT2D eigenvalue weighted by Gasteiger charge is 2.70. The summed E-state index contributed by atoms with van der Waals surface area (Å²) in [4.78, 5) is 27.7. The molecule has 1 aromatic rings. The number of esters is 1. The van der Waals surface area contributed by atoms with Crippen LogP contribution in [0.4, 0.5) is 9.18 Å². The number of fused-ring (bicyclic) bond motifs is 7. The zero-order valence-electron chi connectivity index (χ0n) is 35.4. The quantitative estimate of drug-likeness (QED) is 0.184. The van der Waals surface area contributed by atoms with Crippen molar-refractivity contribution in [2.24, 2.45) is 56.7 Å². The highest BCUT2D eigenvalue weighted by Crippen LogP contribution is 2.76. The van der Waals surface area contributed by atoms with Crippen molar-refractivity contribution in [1.82, 2.24) is 15.5 Å². The molecule has 0 spiro atoms. The number of amides is 2. The number of allylic oxidation sites excluding steroid dienone is 5. The summed E-state index contributed by atoms with van der Waals surface area (Å²) in [6.07, 6.45) is 17.5. The molecule has 0 radical (unpaired) electrons. The molecular weight excluding hydrogens is 698 g/mol. The highest BCUT2D eigenvalue weighted by atomic mass is 19.1. The Bertz CT molecular complexity index is 1770. The summed E-state index contributed by atoms with van der Waals surface area (Å²) in [5.41, 5.74) is 4.83. The van der Waals surface area contributed by atoms with Crippen LogP contribution in [0.3, 0.4) is 0 Å². The van der Waals surface area contributed by atoms with E-state index in [2.05, 4.69) is 70.9 Å². The molecule has 1 aliphatic heterocycles. The third kappa shape index (κ3) is 6.08. The zero-order valence-corrected chi connectivity index (χ0v) is 35.4. The summed E-state index contributed by atoms with van der Waals surface area (Å²) < 4.78 is 20.5. The van der Waals surface area contributed by atoms with Gasteiger partial charge in [-0.2, -0.15) is 0 Å². The number of hydrogen-bond donors (Lipinski definition) is 2. The van der Waals surface area contributed by atoms with Crippen molar-refractivity contribution in [2.75, 3.05) is 32.9 Å². The fraction of sp³-hybridized carbons (Fsp3) is 0.714. The van der Waals surface area contributed by atoms with Crippen LogP contribution < -0.4 is 10.6 Å². The van der Waals surface area contributed by atoms with Gasteiger partial charge in [-0.3, -0.25) is 4.79 Å². The van der Waals surface area contributed by atoms with Crippen LogP contribution in [0.1, 0.15) is 124 Å². The summed E-state index contributed by atoms with van der Waals surface area (Å²) >= 11 is 0. The van der Waals surface area contributed by atoms with Crippen LogP contribution >= 0.6 is 0 Å². The van der Waals surface area contributed by atoms with Crippen molar-refractivity contribution in [3.05, 3.63) is 71.3 Å². The molecule has 0 bridgehead atoms. The number of rotatable bonds is 10. The first-order chi connectivity index (χ1) is 26.6. The molecule has 56 heavy (non-hydrogen) atoms. The lowest BCUT2D eigenvalue weighted by Crippen LogP contribution is -2.68. The number of urea groups is 1. The van der Waals surface area contributed by atoms with Gasteiger partial charge in [0.25, 0.3) is 0 Å². The summed E-state index contributed by atoms with van der Waals surface area (Å²) in [6.45, 7) is 22.6. The lowest BCUT2D eigenvalue weighted by molar-refractivity contribution is -0.221. The average molecular weight is 768 g/mol.